The van der Waals surface area contributed by atoms with Crippen molar-refractivity contribution in [1.29, 1.82) is 0 Å². The molecule has 202 valence electrons. The van der Waals surface area contributed by atoms with Gasteiger partial charge in [0.25, 0.3) is 0 Å². The molecular weight excluding hydrogens is 478 g/mol. The van der Waals surface area contributed by atoms with Crippen LogP contribution in [0.3, 0.4) is 0 Å². The van der Waals surface area contributed by atoms with Crippen LogP contribution >= 0.6 is 0 Å². The number of ether oxygens (including phenoxy) is 2. The van der Waals surface area contributed by atoms with Crippen LogP contribution in [0.1, 0.15) is 77.0 Å². The van der Waals surface area contributed by atoms with E-state index >= 15 is 0 Å². The Morgan fingerprint density at radius 2 is 1.76 bits per heavy atom. The fourth-order valence-electron chi connectivity index (χ4n) is 6.14. The Morgan fingerprint density at radius 3 is 2.43 bits per heavy atom. The standard InChI is InChI=1S/C27H37N3O7/c1-2-36-17-24(33)37-27(12-5-6-13-27)25(34)22(31)14-18-8-7-11-20(28)26(35)30-16-23(32)29(15-21(18)30)19-9-3-4-10-19/h2,15,18-20H,1,3-14,16-17,28H2. The van der Waals surface area contributed by atoms with E-state index in [1.807, 2.05) is 0 Å². The minimum atomic E-state index is -1.48. The van der Waals surface area contributed by atoms with E-state index in [2.05, 4.69) is 6.58 Å². The van der Waals surface area contributed by atoms with E-state index in [4.69, 9.17) is 15.2 Å². The minimum absolute atomic E-state index is 0.0771. The van der Waals surface area contributed by atoms with Gasteiger partial charge >= 0.3 is 5.97 Å². The summed E-state index contributed by atoms with van der Waals surface area (Å²) < 4.78 is 10.4. The van der Waals surface area contributed by atoms with Gasteiger partial charge in [0.05, 0.1) is 12.3 Å². The third-order valence-electron chi connectivity index (χ3n) is 8.09. The van der Waals surface area contributed by atoms with Gasteiger partial charge in [-0.05, 0) is 51.4 Å². The Hall–Kier alpha value is -3.01. The smallest absolute Gasteiger partial charge is 0.345 e. The lowest BCUT2D eigenvalue weighted by Gasteiger charge is -2.41. The fourth-order valence-corrected chi connectivity index (χ4v) is 6.14. The number of carbonyl (C=O) groups excluding carboxylic acids is 5. The number of hydrogen-bond donors (Lipinski definition) is 1. The van der Waals surface area contributed by atoms with Gasteiger partial charge in [-0.2, -0.15) is 0 Å². The van der Waals surface area contributed by atoms with Gasteiger partial charge in [0, 0.05) is 30.3 Å². The molecule has 0 spiro atoms. The van der Waals surface area contributed by atoms with Crippen molar-refractivity contribution in [2.75, 3.05) is 13.2 Å². The zero-order chi connectivity index (χ0) is 26.6. The average molecular weight is 516 g/mol. The predicted molar refractivity (Wildman–Crippen MR) is 132 cm³/mol. The van der Waals surface area contributed by atoms with E-state index in [-0.39, 0.29) is 50.3 Å². The molecule has 0 aromatic rings. The maximum absolute atomic E-state index is 13.4. The van der Waals surface area contributed by atoms with Crippen molar-refractivity contribution in [3.05, 3.63) is 24.7 Å². The summed E-state index contributed by atoms with van der Waals surface area (Å²) in [5.41, 5.74) is 5.20. The molecule has 2 atom stereocenters. The number of esters is 1. The van der Waals surface area contributed by atoms with Crippen LogP contribution < -0.4 is 5.73 Å². The summed E-state index contributed by atoms with van der Waals surface area (Å²) in [4.78, 5) is 68.3. The summed E-state index contributed by atoms with van der Waals surface area (Å²) in [5, 5.41) is 0. The molecule has 1 saturated heterocycles. The van der Waals surface area contributed by atoms with Crippen molar-refractivity contribution in [1.82, 2.24) is 9.80 Å². The molecule has 2 amide bonds. The van der Waals surface area contributed by atoms with E-state index in [0.717, 1.165) is 31.9 Å². The van der Waals surface area contributed by atoms with Crippen LogP contribution in [0.4, 0.5) is 0 Å². The molecule has 2 aliphatic heterocycles. The van der Waals surface area contributed by atoms with Crippen molar-refractivity contribution in [2.45, 2.75) is 94.7 Å². The third kappa shape index (κ3) is 5.79. The average Bonchev–Trinajstić information content (AvgIpc) is 3.58. The van der Waals surface area contributed by atoms with Crippen molar-refractivity contribution in [3.63, 3.8) is 0 Å². The lowest BCUT2D eigenvalue weighted by Crippen LogP contribution is -2.54. The van der Waals surface area contributed by atoms with Crippen LogP contribution in [0, 0.1) is 5.92 Å². The van der Waals surface area contributed by atoms with Crippen LogP contribution in [-0.2, 0) is 33.4 Å². The SMILES string of the molecule is C=COCC(=O)OC1(C(=O)C(=O)CC2CCCC(N)C(=O)N3CC(=O)N(C4CCCC4)C=C23)CCCC1. The van der Waals surface area contributed by atoms with Crippen molar-refractivity contribution in [2.24, 2.45) is 11.7 Å². The zero-order valence-corrected chi connectivity index (χ0v) is 21.3. The van der Waals surface area contributed by atoms with Crippen LogP contribution in [0.25, 0.3) is 0 Å². The fraction of sp³-hybridized carbons (Fsp3) is 0.667. The van der Waals surface area contributed by atoms with Crippen molar-refractivity contribution >= 4 is 29.4 Å². The van der Waals surface area contributed by atoms with Gasteiger partial charge in [0.1, 0.15) is 6.54 Å². The Labute approximate surface area is 217 Å². The quantitative estimate of drug-likeness (QED) is 0.280. The number of Topliss-reactive ketones (excluding diaryl/α,β-unsaturated/α-hetero) is 2. The Bertz CT molecular complexity index is 978. The molecule has 0 aromatic carbocycles. The maximum Gasteiger partial charge on any atom is 0.345 e. The summed E-state index contributed by atoms with van der Waals surface area (Å²) in [5.74, 6) is -2.99. The first-order valence-corrected chi connectivity index (χ1v) is 13.4. The Kier molecular flexibility index (Phi) is 8.46. The Balaban J connectivity index is 1.57. The molecule has 0 radical (unpaired) electrons. The summed E-state index contributed by atoms with van der Waals surface area (Å²) in [6.07, 6.45) is 10.1. The second-order valence-corrected chi connectivity index (χ2v) is 10.6. The maximum atomic E-state index is 13.4. The normalized spacial score (nSPS) is 26.1. The minimum Gasteiger partial charge on any atom is -0.490 e. The molecular formula is C27H37N3O7. The monoisotopic (exact) mass is 515 g/mol. The number of nitrogens with zero attached hydrogens (tertiary/aromatic N) is 2. The molecule has 2 N–H and O–H groups in total. The van der Waals surface area contributed by atoms with Gasteiger partial charge in [-0.15, -0.1) is 0 Å². The Morgan fingerprint density at radius 1 is 1.05 bits per heavy atom. The molecule has 2 unspecified atom stereocenters. The first kappa shape index (κ1) is 27.0. The molecule has 4 rings (SSSR count). The lowest BCUT2D eigenvalue weighted by molar-refractivity contribution is -0.171. The number of nitrogens with two attached hydrogens (primary N) is 1. The number of rotatable bonds is 9. The highest BCUT2D eigenvalue weighted by molar-refractivity contribution is 6.40. The summed E-state index contributed by atoms with van der Waals surface area (Å²) in [6, 6.07) is -0.639. The molecule has 2 saturated carbocycles. The topological polar surface area (TPSA) is 136 Å². The molecule has 0 aromatic heterocycles. The number of allylic oxidation sites excluding steroid dienone is 1. The lowest BCUT2D eigenvalue weighted by atomic mass is 9.84. The summed E-state index contributed by atoms with van der Waals surface area (Å²) in [7, 11) is 0. The second kappa shape index (κ2) is 11.6. The van der Waals surface area contributed by atoms with E-state index in [0.29, 0.717) is 37.8 Å². The van der Waals surface area contributed by atoms with Crippen LogP contribution in [0.15, 0.2) is 24.7 Å². The van der Waals surface area contributed by atoms with Crippen LogP contribution in [0.2, 0.25) is 0 Å². The highest BCUT2D eigenvalue weighted by Crippen LogP contribution is 2.38. The van der Waals surface area contributed by atoms with Crippen LogP contribution in [-0.4, -0.2) is 70.0 Å². The van der Waals surface area contributed by atoms with Gasteiger partial charge < -0.3 is 25.0 Å². The number of fused-ring (bicyclic) bond motifs is 1. The molecule has 0 bridgehead atoms. The molecule has 3 fully saturated rings. The van der Waals surface area contributed by atoms with Gasteiger partial charge in [0.2, 0.25) is 23.4 Å². The highest BCUT2D eigenvalue weighted by atomic mass is 16.6. The third-order valence-corrected chi connectivity index (χ3v) is 8.09. The molecule has 10 heteroatoms. The zero-order valence-electron chi connectivity index (χ0n) is 21.3. The second-order valence-electron chi connectivity index (χ2n) is 10.6. The molecule has 2 aliphatic carbocycles. The first-order chi connectivity index (χ1) is 17.8. The largest absolute Gasteiger partial charge is 0.490 e. The molecule has 10 nitrogen and oxygen atoms in total. The summed E-state index contributed by atoms with van der Waals surface area (Å²) >= 11 is 0. The molecule has 2 heterocycles. The van der Waals surface area contributed by atoms with Gasteiger partial charge in [-0.3, -0.25) is 19.2 Å². The number of amides is 2. The number of hydrogen-bond acceptors (Lipinski definition) is 8. The van der Waals surface area contributed by atoms with E-state index in [1.165, 1.54) is 4.90 Å². The van der Waals surface area contributed by atoms with Crippen LogP contribution in [0.5, 0.6) is 0 Å². The molecule has 37 heavy (non-hydrogen) atoms. The molecule has 4 aliphatic rings. The number of carbonyl (C=O) groups is 5. The van der Waals surface area contributed by atoms with E-state index in [1.54, 1.807) is 11.1 Å². The van der Waals surface area contributed by atoms with E-state index in [9.17, 15) is 24.0 Å². The highest BCUT2D eigenvalue weighted by Gasteiger charge is 2.48. The first-order valence-electron chi connectivity index (χ1n) is 13.4. The van der Waals surface area contributed by atoms with Gasteiger partial charge in [-0.1, -0.05) is 25.8 Å². The number of ketones is 2. The van der Waals surface area contributed by atoms with Gasteiger partial charge in [0.15, 0.2) is 12.2 Å². The van der Waals surface area contributed by atoms with Gasteiger partial charge in [-0.25, -0.2) is 4.79 Å². The van der Waals surface area contributed by atoms with Crippen molar-refractivity contribution < 1.29 is 33.4 Å². The van der Waals surface area contributed by atoms with Crippen molar-refractivity contribution in [3.8, 4) is 0 Å². The summed E-state index contributed by atoms with van der Waals surface area (Å²) in [6.45, 7) is 2.89. The van der Waals surface area contributed by atoms with E-state index < -0.39 is 35.1 Å². The predicted octanol–water partition coefficient (Wildman–Crippen LogP) is 2.11.